The monoisotopic (exact) mass is 402 g/mol. The van der Waals surface area contributed by atoms with Gasteiger partial charge in [-0.3, -0.25) is 0 Å². The van der Waals surface area contributed by atoms with E-state index in [-0.39, 0.29) is 19.0 Å². The van der Waals surface area contributed by atoms with Crippen molar-refractivity contribution in [2.45, 2.75) is 13.2 Å². The Kier molecular flexibility index (Phi) is 4.90. The molecule has 0 saturated heterocycles. The minimum Gasteiger partial charge on any atom is -0.454 e. The first-order valence-electron chi connectivity index (χ1n) is 7.73. The van der Waals surface area contributed by atoms with Gasteiger partial charge in [-0.1, -0.05) is 22.8 Å². The first kappa shape index (κ1) is 17.3. The smallest absolute Gasteiger partial charge is 0.330 e. The van der Waals surface area contributed by atoms with Gasteiger partial charge in [0.1, 0.15) is 0 Å². The van der Waals surface area contributed by atoms with Crippen LogP contribution in [0, 0.1) is 0 Å². The summed E-state index contributed by atoms with van der Waals surface area (Å²) in [4.78, 5) is 18.2. The lowest BCUT2D eigenvalue weighted by Crippen LogP contribution is -2.15. The van der Waals surface area contributed by atoms with Crippen molar-refractivity contribution in [3.05, 3.63) is 52.7 Å². The van der Waals surface area contributed by atoms with Gasteiger partial charge < -0.3 is 9.26 Å². The zero-order valence-electron chi connectivity index (χ0n) is 13.6. The standard InChI is InChI=1S/C16H11ClN6O3S/c17-11-5-3-10(4-6-11)15-18-13(26-21-15)9-25-14(24)8-23-20-16(19-22-23)12-2-1-7-27-12/h1-7H,8-9H2. The summed E-state index contributed by atoms with van der Waals surface area (Å²) in [7, 11) is 0. The van der Waals surface area contributed by atoms with Crippen LogP contribution in [0.2, 0.25) is 5.02 Å². The van der Waals surface area contributed by atoms with Crippen molar-refractivity contribution in [2.75, 3.05) is 0 Å². The lowest BCUT2D eigenvalue weighted by Gasteiger charge is -2.00. The molecule has 0 aliphatic carbocycles. The largest absolute Gasteiger partial charge is 0.454 e. The molecule has 3 heterocycles. The fourth-order valence-electron chi connectivity index (χ4n) is 2.15. The van der Waals surface area contributed by atoms with Crippen molar-refractivity contribution in [2.24, 2.45) is 0 Å². The van der Waals surface area contributed by atoms with Gasteiger partial charge in [-0.25, -0.2) is 4.79 Å². The topological polar surface area (TPSA) is 109 Å². The summed E-state index contributed by atoms with van der Waals surface area (Å²) in [6.45, 7) is -0.317. The number of hydrogen-bond donors (Lipinski definition) is 0. The lowest BCUT2D eigenvalue weighted by atomic mass is 10.2. The van der Waals surface area contributed by atoms with Crippen molar-refractivity contribution in [1.82, 2.24) is 30.3 Å². The molecular formula is C16H11ClN6O3S. The third-order valence-corrected chi connectivity index (χ3v) is 4.51. The number of esters is 1. The van der Waals surface area contributed by atoms with Crippen molar-refractivity contribution in [3.8, 4) is 22.1 Å². The molecular weight excluding hydrogens is 392 g/mol. The maximum Gasteiger partial charge on any atom is 0.330 e. The number of thiophene rings is 1. The summed E-state index contributed by atoms with van der Waals surface area (Å²) in [5, 5.41) is 18.3. The number of aromatic nitrogens is 6. The van der Waals surface area contributed by atoms with Gasteiger partial charge in [0.2, 0.25) is 11.6 Å². The molecule has 0 aliphatic rings. The number of halogens is 1. The summed E-state index contributed by atoms with van der Waals surface area (Å²) in [6, 6.07) is 10.7. The number of carbonyl (C=O) groups excluding carboxylic acids is 1. The van der Waals surface area contributed by atoms with Crippen LogP contribution in [-0.4, -0.2) is 36.3 Å². The molecule has 9 nitrogen and oxygen atoms in total. The van der Waals surface area contributed by atoms with Crippen LogP contribution >= 0.6 is 22.9 Å². The fourth-order valence-corrected chi connectivity index (χ4v) is 2.92. The van der Waals surface area contributed by atoms with Gasteiger partial charge in [0, 0.05) is 10.6 Å². The van der Waals surface area contributed by atoms with E-state index in [1.807, 2.05) is 17.5 Å². The predicted octanol–water partition coefficient (Wildman–Crippen LogP) is 2.85. The fraction of sp³-hybridized carbons (Fsp3) is 0.125. The van der Waals surface area contributed by atoms with Crippen molar-refractivity contribution in [1.29, 1.82) is 0 Å². The molecule has 0 fully saturated rings. The molecule has 3 aromatic heterocycles. The molecule has 0 radical (unpaired) electrons. The zero-order valence-corrected chi connectivity index (χ0v) is 15.2. The van der Waals surface area contributed by atoms with Crippen LogP contribution < -0.4 is 0 Å². The van der Waals surface area contributed by atoms with E-state index in [1.54, 1.807) is 24.3 Å². The van der Waals surface area contributed by atoms with Gasteiger partial charge in [0.15, 0.2) is 13.2 Å². The van der Waals surface area contributed by atoms with E-state index in [1.165, 1.54) is 16.1 Å². The molecule has 0 bridgehead atoms. The second kappa shape index (κ2) is 7.64. The molecule has 0 saturated carbocycles. The Morgan fingerprint density at radius 1 is 1.22 bits per heavy atom. The molecule has 0 unspecified atom stereocenters. The van der Waals surface area contributed by atoms with Crippen LogP contribution in [0.15, 0.2) is 46.3 Å². The third-order valence-electron chi connectivity index (χ3n) is 3.39. The Balaban J connectivity index is 1.32. The Bertz CT molecular complexity index is 1040. The molecule has 136 valence electrons. The second-order valence-electron chi connectivity index (χ2n) is 5.30. The van der Waals surface area contributed by atoms with Gasteiger partial charge in [0.25, 0.3) is 5.89 Å². The Morgan fingerprint density at radius 3 is 2.85 bits per heavy atom. The molecule has 11 heteroatoms. The number of rotatable bonds is 6. The van der Waals surface area contributed by atoms with E-state index in [0.29, 0.717) is 16.7 Å². The normalized spacial score (nSPS) is 10.9. The molecule has 0 atom stereocenters. The van der Waals surface area contributed by atoms with Gasteiger partial charge in [-0.05, 0) is 40.9 Å². The van der Waals surface area contributed by atoms with Crippen molar-refractivity contribution >= 4 is 28.9 Å². The van der Waals surface area contributed by atoms with Gasteiger partial charge in [-0.15, -0.1) is 21.5 Å². The number of hydrogen-bond acceptors (Lipinski definition) is 9. The molecule has 4 aromatic rings. The van der Waals surface area contributed by atoms with E-state index >= 15 is 0 Å². The highest BCUT2D eigenvalue weighted by atomic mass is 35.5. The maximum atomic E-state index is 11.9. The molecule has 27 heavy (non-hydrogen) atoms. The predicted molar refractivity (Wildman–Crippen MR) is 95.7 cm³/mol. The van der Waals surface area contributed by atoms with Crippen molar-refractivity contribution < 1.29 is 14.1 Å². The van der Waals surface area contributed by atoms with Crippen LogP contribution in [0.5, 0.6) is 0 Å². The molecule has 1 aromatic carbocycles. The summed E-state index contributed by atoms with van der Waals surface area (Å²) in [5.74, 6) is 0.481. The zero-order chi connectivity index (χ0) is 18.6. The van der Waals surface area contributed by atoms with E-state index < -0.39 is 5.97 Å². The maximum absolute atomic E-state index is 11.9. The van der Waals surface area contributed by atoms with Gasteiger partial charge >= 0.3 is 5.97 Å². The van der Waals surface area contributed by atoms with Crippen molar-refractivity contribution in [3.63, 3.8) is 0 Å². The highest BCUT2D eigenvalue weighted by Crippen LogP contribution is 2.20. The summed E-state index contributed by atoms with van der Waals surface area (Å²) in [5.41, 5.74) is 0.744. The average Bonchev–Trinajstić information content (AvgIpc) is 3.42. The van der Waals surface area contributed by atoms with E-state index in [0.717, 1.165) is 10.4 Å². The first-order valence-corrected chi connectivity index (χ1v) is 8.99. The van der Waals surface area contributed by atoms with Crippen LogP contribution in [0.4, 0.5) is 0 Å². The van der Waals surface area contributed by atoms with Crippen LogP contribution in [0.3, 0.4) is 0 Å². The Hall–Kier alpha value is -3.11. The minimum absolute atomic E-state index is 0.147. The summed E-state index contributed by atoms with van der Waals surface area (Å²) < 4.78 is 10.2. The molecule has 0 amide bonds. The van der Waals surface area contributed by atoms with E-state index in [9.17, 15) is 4.79 Å². The molecule has 0 N–H and O–H groups in total. The van der Waals surface area contributed by atoms with E-state index in [2.05, 4.69) is 25.6 Å². The SMILES string of the molecule is O=C(Cn1nnc(-c2cccs2)n1)OCc1nc(-c2ccc(Cl)cc2)no1. The van der Waals surface area contributed by atoms with Crippen LogP contribution in [0.25, 0.3) is 22.1 Å². The molecule has 4 rings (SSSR count). The Morgan fingerprint density at radius 2 is 2.07 bits per heavy atom. The Labute approximate surface area is 161 Å². The molecule has 0 aliphatic heterocycles. The number of carbonyl (C=O) groups is 1. The van der Waals surface area contributed by atoms with Crippen LogP contribution in [-0.2, 0) is 22.7 Å². The minimum atomic E-state index is -0.545. The lowest BCUT2D eigenvalue weighted by molar-refractivity contribution is -0.147. The van der Waals surface area contributed by atoms with Gasteiger partial charge in [-0.2, -0.15) is 9.78 Å². The third kappa shape index (κ3) is 4.18. The second-order valence-corrected chi connectivity index (χ2v) is 6.68. The van der Waals surface area contributed by atoms with E-state index in [4.69, 9.17) is 20.9 Å². The number of nitrogens with zero attached hydrogens (tertiary/aromatic N) is 6. The summed E-state index contributed by atoms with van der Waals surface area (Å²) >= 11 is 7.34. The number of benzene rings is 1. The molecule has 0 spiro atoms. The highest BCUT2D eigenvalue weighted by Gasteiger charge is 2.14. The number of ether oxygens (including phenoxy) is 1. The van der Waals surface area contributed by atoms with Gasteiger partial charge in [0.05, 0.1) is 4.88 Å². The first-order chi connectivity index (χ1) is 13.2. The number of tetrazole rings is 1. The average molecular weight is 403 g/mol. The quantitative estimate of drug-likeness (QED) is 0.453. The summed E-state index contributed by atoms with van der Waals surface area (Å²) in [6.07, 6.45) is 0. The van der Waals surface area contributed by atoms with Crippen LogP contribution in [0.1, 0.15) is 5.89 Å². The highest BCUT2D eigenvalue weighted by molar-refractivity contribution is 7.13.